The molecule has 0 aliphatic rings. The molecule has 45 heavy (non-hydrogen) atoms. The van der Waals surface area contributed by atoms with Crippen molar-refractivity contribution in [2.45, 2.75) is 6.61 Å². The van der Waals surface area contributed by atoms with Crippen molar-refractivity contribution in [3.05, 3.63) is 144 Å². The summed E-state index contributed by atoms with van der Waals surface area (Å²) in [6, 6.07) is 38.8. The predicted octanol–water partition coefficient (Wildman–Crippen LogP) is 9.85. The van der Waals surface area contributed by atoms with Crippen molar-refractivity contribution in [1.82, 2.24) is 4.57 Å². The number of hydrogen-bond acceptors (Lipinski definition) is 5. The van der Waals surface area contributed by atoms with E-state index in [1.165, 1.54) is 6.08 Å². The molecule has 7 rings (SSSR count). The lowest BCUT2D eigenvalue weighted by Gasteiger charge is -2.13. The van der Waals surface area contributed by atoms with Gasteiger partial charge in [0.2, 0.25) is 0 Å². The maximum absolute atomic E-state index is 11.2. The topological polar surface area (TPSA) is 80.0 Å². The molecular formula is C37H24N2O4S2. The number of para-hydroxylation sites is 1. The Hall–Kier alpha value is -5.46. The number of nitrogens with zero attached hydrogens (tertiary/aromatic N) is 2. The van der Waals surface area contributed by atoms with Crippen LogP contribution in [0.25, 0.3) is 69.6 Å². The summed E-state index contributed by atoms with van der Waals surface area (Å²) in [6.07, 6.45) is 1.24. The van der Waals surface area contributed by atoms with Gasteiger partial charge in [0.25, 0.3) is 5.70 Å². The van der Waals surface area contributed by atoms with Gasteiger partial charge in [0.1, 0.15) is 11.5 Å². The standard InChI is InChI=1S/C37H24N2O4S2/c1-38-28(37(41)42)21-26-15-16-30(43-26)31-17-18-32(44-31)33-19-20-34(45-33)35-27-9-5-6-10-29(27)39(25-13-11-23(22-40)12-14-25)36(35)24-7-3-2-4-8-24/h2-21,40H,22H2,(H,41,42)/b28-21-. The van der Waals surface area contributed by atoms with Crippen LogP contribution >= 0.6 is 22.7 Å². The second-order valence-corrected chi connectivity index (χ2v) is 12.4. The molecule has 0 radical (unpaired) electrons. The molecule has 3 aromatic carbocycles. The average Bonchev–Trinajstić information content (AvgIpc) is 3.89. The fraction of sp³-hybridized carbons (Fsp3) is 0.0270. The Morgan fingerprint density at radius 3 is 2.18 bits per heavy atom. The molecule has 0 saturated heterocycles. The third-order valence-corrected chi connectivity index (χ3v) is 9.89. The molecule has 8 heteroatoms. The number of fused-ring (bicyclic) bond motifs is 1. The van der Waals surface area contributed by atoms with E-state index in [1.54, 1.807) is 34.8 Å². The molecular weight excluding hydrogens is 601 g/mol. The summed E-state index contributed by atoms with van der Waals surface area (Å²) >= 11 is 3.33. The van der Waals surface area contributed by atoms with E-state index in [4.69, 9.17) is 16.1 Å². The van der Waals surface area contributed by atoms with Crippen LogP contribution in [-0.4, -0.2) is 20.7 Å². The summed E-state index contributed by atoms with van der Waals surface area (Å²) in [7, 11) is 0. The lowest BCUT2D eigenvalue weighted by Crippen LogP contribution is -1.98. The third-order valence-electron chi connectivity index (χ3n) is 7.49. The smallest absolute Gasteiger partial charge is 0.333 e. The van der Waals surface area contributed by atoms with E-state index in [0.717, 1.165) is 58.5 Å². The monoisotopic (exact) mass is 624 g/mol. The first-order chi connectivity index (χ1) is 22.0. The van der Waals surface area contributed by atoms with Gasteiger partial charge in [0.05, 0.1) is 29.3 Å². The van der Waals surface area contributed by atoms with Gasteiger partial charge >= 0.3 is 5.97 Å². The van der Waals surface area contributed by atoms with Crippen molar-refractivity contribution in [1.29, 1.82) is 0 Å². The minimum atomic E-state index is -1.28. The van der Waals surface area contributed by atoms with Crippen LogP contribution in [0, 0.1) is 6.57 Å². The van der Waals surface area contributed by atoms with E-state index >= 15 is 0 Å². The quantitative estimate of drug-likeness (QED) is 0.130. The molecule has 0 spiro atoms. The van der Waals surface area contributed by atoms with Crippen molar-refractivity contribution in [2.24, 2.45) is 0 Å². The number of benzene rings is 3. The van der Waals surface area contributed by atoms with Gasteiger partial charge in [-0.15, -0.1) is 22.7 Å². The van der Waals surface area contributed by atoms with Crippen LogP contribution in [0.3, 0.4) is 0 Å². The van der Waals surface area contributed by atoms with Crippen LogP contribution in [0.15, 0.2) is 125 Å². The third kappa shape index (κ3) is 5.30. The Morgan fingerprint density at radius 2 is 1.47 bits per heavy atom. The summed E-state index contributed by atoms with van der Waals surface area (Å²) in [6.45, 7) is 7.07. The molecule has 6 nitrogen and oxygen atoms in total. The molecule has 0 aliphatic carbocycles. The highest BCUT2D eigenvalue weighted by Crippen LogP contribution is 2.47. The van der Waals surface area contributed by atoms with Gasteiger partial charge in [0, 0.05) is 31.3 Å². The summed E-state index contributed by atoms with van der Waals surface area (Å²) in [4.78, 5) is 18.5. The van der Waals surface area contributed by atoms with Gasteiger partial charge in [-0.05, 0) is 71.8 Å². The lowest BCUT2D eigenvalue weighted by molar-refractivity contribution is -0.132. The van der Waals surface area contributed by atoms with Crippen molar-refractivity contribution in [3.63, 3.8) is 0 Å². The predicted molar refractivity (Wildman–Crippen MR) is 181 cm³/mol. The van der Waals surface area contributed by atoms with E-state index in [2.05, 4.69) is 88.3 Å². The minimum absolute atomic E-state index is 0.00207. The summed E-state index contributed by atoms with van der Waals surface area (Å²) < 4.78 is 8.16. The number of aliphatic carboxylic acids is 1. The maximum Gasteiger partial charge on any atom is 0.333 e. The largest absolute Gasteiger partial charge is 0.486 e. The van der Waals surface area contributed by atoms with Crippen LogP contribution in [0.2, 0.25) is 0 Å². The van der Waals surface area contributed by atoms with Gasteiger partial charge in [-0.25, -0.2) is 4.85 Å². The number of hydrogen-bond donors (Lipinski definition) is 2. The Balaban J connectivity index is 1.32. The highest BCUT2D eigenvalue weighted by atomic mass is 32.1. The zero-order chi connectivity index (χ0) is 30.9. The first kappa shape index (κ1) is 28.3. The van der Waals surface area contributed by atoms with Gasteiger partial charge in [0.15, 0.2) is 0 Å². The Morgan fingerprint density at radius 1 is 0.800 bits per heavy atom. The van der Waals surface area contributed by atoms with Gasteiger partial charge in [-0.2, -0.15) is 0 Å². The average molecular weight is 625 g/mol. The van der Waals surface area contributed by atoms with Crippen molar-refractivity contribution in [3.8, 4) is 47.8 Å². The number of carboxylic acids is 1. The zero-order valence-corrected chi connectivity index (χ0v) is 25.3. The number of furan rings is 1. The Bertz CT molecular complexity index is 2240. The Labute approximate surface area is 266 Å². The van der Waals surface area contributed by atoms with E-state index in [-0.39, 0.29) is 6.61 Å². The normalized spacial score (nSPS) is 11.6. The number of rotatable bonds is 8. The van der Waals surface area contributed by atoms with E-state index < -0.39 is 11.7 Å². The summed E-state index contributed by atoms with van der Waals surface area (Å²) in [5.74, 6) is -0.346. The Kier molecular flexibility index (Phi) is 7.49. The minimum Gasteiger partial charge on any atom is -0.486 e. The van der Waals surface area contributed by atoms with Crippen LogP contribution in [0.1, 0.15) is 11.3 Å². The fourth-order valence-corrected chi connectivity index (χ4v) is 7.55. The van der Waals surface area contributed by atoms with E-state index in [9.17, 15) is 9.90 Å². The van der Waals surface area contributed by atoms with Gasteiger partial charge in [-0.3, -0.25) is 4.79 Å². The molecule has 0 amide bonds. The van der Waals surface area contributed by atoms with Crippen LogP contribution in [0.5, 0.6) is 0 Å². The van der Waals surface area contributed by atoms with Gasteiger partial charge < -0.3 is 19.2 Å². The molecule has 0 unspecified atom stereocenters. The number of thiophene rings is 2. The van der Waals surface area contributed by atoms with Crippen molar-refractivity contribution >= 4 is 45.6 Å². The maximum atomic E-state index is 11.2. The van der Waals surface area contributed by atoms with Crippen LogP contribution < -0.4 is 0 Å². The molecule has 0 fully saturated rings. The highest BCUT2D eigenvalue weighted by Gasteiger charge is 2.23. The van der Waals surface area contributed by atoms with Crippen LogP contribution in [0.4, 0.5) is 0 Å². The number of carbonyl (C=O) groups is 1. The highest BCUT2D eigenvalue weighted by molar-refractivity contribution is 7.25. The molecule has 2 N–H and O–H groups in total. The molecule has 0 saturated carbocycles. The molecule has 0 atom stereocenters. The number of aliphatic hydroxyl groups is 1. The molecule has 7 aromatic rings. The van der Waals surface area contributed by atoms with Crippen molar-refractivity contribution < 1.29 is 19.4 Å². The summed E-state index contributed by atoms with van der Waals surface area (Å²) in [5.41, 5.74) is 5.96. The lowest BCUT2D eigenvalue weighted by atomic mass is 10.0. The van der Waals surface area contributed by atoms with E-state index in [0.29, 0.717) is 11.5 Å². The SMILES string of the molecule is [C-]#[N+]/C(=C\c1ccc(-c2ccc(-c3ccc(-c4c(-c5ccccc5)n(-c5ccc(CO)cc5)c5ccccc45)s3)s2)o1)C(=O)O. The molecule has 0 bridgehead atoms. The molecule has 0 aliphatic heterocycles. The molecule has 4 heterocycles. The molecule has 218 valence electrons. The second kappa shape index (κ2) is 11.9. The number of aliphatic hydroxyl groups excluding tert-OH is 1. The van der Waals surface area contributed by atoms with Gasteiger partial charge in [-0.1, -0.05) is 60.7 Å². The molecule has 4 aromatic heterocycles. The first-order valence-electron chi connectivity index (χ1n) is 14.1. The van der Waals surface area contributed by atoms with E-state index in [1.807, 2.05) is 24.3 Å². The van der Waals surface area contributed by atoms with Crippen molar-refractivity contribution in [2.75, 3.05) is 0 Å². The first-order valence-corrected chi connectivity index (χ1v) is 15.7. The number of aromatic nitrogens is 1. The number of carboxylic acid groups (broad SMARTS) is 1. The summed E-state index contributed by atoms with van der Waals surface area (Å²) in [5, 5.41) is 20.0. The zero-order valence-electron chi connectivity index (χ0n) is 23.7. The second-order valence-electron chi connectivity index (χ2n) is 10.2. The van der Waals surface area contributed by atoms with Crippen LogP contribution in [-0.2, 0) is 11.4 Å². The fourth-order valence-electron chi connectivity index (χ4n) is 5.42.